The van der Waals surface area contributed by atoms with Gasteiger partial charge in [0.1, 0.15) is 5.75 Å². The number of fused-ring (bicyclic) bond motifs is 3. The van der Waals surface area contributed by atoms with E-state index in [1.807, 2.05) is 43.3 Å². The number of para-hydroxylation sites is 1. The van der Waals surface area contributed by atoms with Gasteiger partial charge < -0.3 is 15.2 Å². The molecule has 0 aliphatic carbocycles. The second-order valence-electron chi connectivity index (χ2n) is 8.17. The van der Waals surface area contributed by atoms with E-state index in [2.05, 4.69) is 34.6 Å². The van der Waals surface area contributed by atoms with Gasteiger partial charge in [0, 0.05) is 16.4 Å². The Hall–Kier alpha value is -4.11. The normalized spacial score (nSPS) is 13.9. The van der Waals surface area contributed by atoms with Crippen LogP contribution in [0.5, 0.6) is 5.75 Å². The fourth-order valence-electron chi connectivity index (χ4n) is 3.91. The van der Waals surface area contributed by atoms with Crippen LogP contribution >= 0.6 is 11.8 Å². The van der Waals surface area contributed by atoms with Gasteiger partial charge in [0.05, 0.1) is 11.3 Å². The van der Waals surface area contributed by atoms with Crippen molar-refractivity contribution in [1.29, 1.82) is 0 Å². The zero-order chi connectivity index (χ0) is 24.4. The number of H-pyrrole nitrogens is 1. The Morgan fingerprint density at radius 2 is 1.83 bits per heavy atom. The van der Waals surface area contributed by atoms with E-state index < -0.39 is 18.7 Å². The lowest BCUT2D eigenvalue weighted by Gasteiger charge is -2.22. The van der Waals surface area contributed by atoms with Crippen LogP contribution in [0.4, 0.5) is 5.69 Å². The van der Waals surface area contributed by atoms with Crippen molar-refractivity contribution in [2.45, 2.75) is 24.0 Å². The van der Waals surface area contributed by atoms with E-state index in [4.69, 9.17) is 14.9 Å². The summed E-state index contributed by atoms with van der Waals surface area (Å²) in [6.45, 7) is 1.64. The molecule has 3 aromatic carbocycles. The Kier molecular flexibility index (Phi) is 6.24. The van der Waals surface area contributed by atoms with E-state index in [0.29, 0.717) is 22.4 Å². The topological polar surface area (TPSA) is 108 Å². The molecular weight excluding hydrogens is 464 g/mol. The Labute approximate surface area is 205 Å². The van der Waals surface area contributed by atoms with Gasteiger partial charge in [0.2, 0.25) is 5.16 Å². The molecule has 35 heavy (non-hydrogen) atoms. The average molecular weight is 488 g/mol. The molecule has 0 bridgehead atoms. The van der Waals surface area contributed by atoms with Crippen molar-refractivity contribution in [2.24, 2.45) is 0 Å². The van der Waals surface area contributed by atoms with E-state index in [-0.39, 0.29) is 5.56 Å². The van der Waals surface area contributed by atoms with Gasteiger partial charge in [0.25, 0.3) is 6.17 Å². The fraction of sp³-hybridized carbons (Fsp3) is 0.154. The van der Waals surface area contributed by atoms with Crippen LogP contribution < -0.4 is 20.3 Å². The zero-order valence-electron chi connectivity index (χ0n) is 18.9. The molecule has 0 saturated heterocycles. The van der Waals surface area contributed by atoms with Gasteiger partial charge in [0.15, 0.2) is 6.61 Å². The predicted molar refractivity (Wildman–Crippen MR) is 133 cm³/mol. The molecule has 9 heteroatoms. The molecule has 3 N–H and O–H groups in total. The van der Waals surface area contributed by atoms with Crippen molar-refractivity contribution in [3.05, 3.63) is 99.8 Å². The summed E-state index contributed by atoms with van der Waals surface area (Å²) in [5.74, 6) is 0.0846. The summed E-state index contributed by atoms with van der Waals surface area (Å²) in [5.41, 5.74) is 5.04. The number of carboxylic acid groups (broad SMARTS) is 1. The second kappa shape index (κ2) is 9.63. The highest BCUT2D eigenvalue weighted by Crippen LogP contribution is 2.32. The van der Waals surface area contributed by atoms with Gasteiger partial charge >= 0.3 is 17.2 Å². The third kappa shape index (κ3) is 4.90. The summed E-state index contributed by atoms with van der Waals surface area (Å²) >= 11 is 1.47. The van der Waals surface area contributed by atoms with Crippen LogP contribution in [0.2, 0.25) is 0 Å². The molecule has 1 aliphatic heterocycles. The van der Waals surface area contributed by atoms with E-state index in [0.717, 1.165) is 22.4 Å². The van der Waals surface area contributed by atoms with Crippen LogP contribution in [-0.2, 0) is 10.5 Å². The Morgan fingerprint density at radius 1 is 1.09 bits per heavy atom. The zero-order valence-corrected chi connectivity index (χ0v) is 19.7. The van der Waals surface area contributed by atoms with Gasteiger partial charge in [-0.3, -0.25) is 9.78 Å². The average Bonchev–Trinajstić information content (AvgIpc) is 2.87. The molecule has 4 aromatic rings. The van der Waals surface area contributed by atoms with Crippen LogP contribution in [0, 0.1) is 6.92 Å². The maximum Gasteiger partial charge on any atom is 0.341 e. The van der Waals surface area contributed by atoms with Gasteiger partial charge in [-0.15, -0.1) is 0 Å². The summed E-state index contributed by atoms with van der Waals surface area (Å²) in [6.07, 6.45) is -0.436. The number of thioether (sulfide) groups is 1. The number of nitrogens with zero attached hydrogens (tertiary/aromatic N) is 2. The molecule has 176 valence electrons. The number of rotatable bonds is 7. The molecule has 1 atom stereocenters. The van der Waals surface area contributed by atoms with E-state index in [1.165, 1.54) is 17.3 Å². The van der Waals surface area contributed by atoms with Gasteiger partial charge in [-0.25, -0.2) is 4.79 Å². The highest BCUT2D eigenvalue weighted by atomic mass is 32.2. The number of hydrogen-bond donors (Lipinski definition) is 3. The van der Waals surface area contributed by atoms with Crippen molar-refractivity contribution in [1.82, 2.24) is 10.1 Å². The third-order valence-corrected chi connectivity index (χ3v) is 6.57. The maximum atomic E-state index is 13.3. The smallest absolute Gasteiger partial charge is 0.341 e. The van der Waals surface area contributed by atoms with Gasteiger partial charge in [-0.2, -0.15) is 0 Å². The number of aryl methyl sites for hydroxylation is 1. The number of aromatic amines is 1. The highest BCUT2D eigenvalue weighted by Gasteiger charge is 2.37. The molecule has 8 nitrogen and oxygen atoms in total. The number of carboxylic acids is 1. The van der Waals surface area contributed by atoms with Crippen molar-refractivity contribution >= 4 is 23.4 Å². The van der Waals surface area contributed by atoms with Crippen LogP contribution in [-0.4, -0.2) is 27.8 Å². The minimum atomic E-state index is -1.04. The number of nitrogens with one attached hydrogen (secondary N) is 2. The SMILES string of the molecule is Cc1ccc(CSc2n[n+]3c(c(=O)[nH]2)-c2ccccc2N[C@H]3c2ccc(OCC(=O)O)cc2)cc1. The second-order valence-corrected chi connectivity index (χ2v) is 9.13. The first-order chi connectivity index (χ1) is 17.0. The number of benzene rings is 3. The molecule has 0 unspecified atom stereocenters. The number of carbonyl (C=O) groups is 1. The molecule has 0 spiro atoms. The lowest BCUT2D eigenvalue weighted by Crippen LogP contribution is -2.55. The summed E-state index contributed by atoms with van der Waals surface area (Å²) < 4.78 is 6.97. The molecule has 2 heterocycles. The minimum Gasteiger partial charge on any atom is -0.482 e. The highest BCUT2D eigenvalue weighted by molar-refractivity contribution is 7.98. The summed E-state index contributed by atoms with van der Waals surface area (Å²) in [6, 6.07) is 23.0. The minimum absolute atomic E-state index is 0.216. The first-order valence-electron chi connectivity index (χ1n) is 11.0. The van der Waals surface area contributed by atoms with Crippen LogP contribution in [0.25, 0.3) is 11.3 Å². The van der Waals surface area contributed by atoms with Crippen molar-refractivity contribution in [3.8, 4) is 17.0 Å². The summed E-state index contributed by atoms with van der Waals surface area (Å²) in [7, 11) is 0. The molecule has 1 aliphatic rings. The molecule has 0 radical (unpaired) electrons. The number of ether oxygens (including phenoxy) is 1. The predicted octanol–water partition coefficient (Wildman–Crippen LogP) is 3.76. The third-order valence-electron chi connectivity index (χ3n) is 5.64. The molecule has 0 fully saturated rings. The van der Waals surface area contributed by atoms with Crippen molar-refractivity contribution in [2.75, 3.05) is 11.9 Å². The largest absolute Gasteiger partial charge is 0.482 e. The molecule has 5 rings (SSSR count). The lowest BCUT2D eigenvalue weighted by molar-refractivity contribution is -0.759. The fourth-order valence-corrected chi connectivity index (χ4v) is 4.71. The molecule has 0 amide bonds. The standard InChI is InChI=1S/C26H22N4O4S/c1-16-6-8-17(9-7-16)15-35-26-28-25(33)23-20-4-2-3-5-21(20)27-24(30(23)29-26)18-10-12-19(13-11-18)34-14-22(31)32/h2-13,24H,14-15H2,1H3,(H2,28,29,31,32,33)/p+1/t24-/m1/s1. The lowest BCUT2D eigenvalue weighted by atomic mass is 10.0. The number of hydrogen-bond acceptors (Lipinski definition) is 6. The first kappa shape index (κ1) is 22.7. The van der Waals surface area contributed by atoms with Crippen LogP contribution in [0.15, 0.2) is 82.7 Å². The summed E-state index contributed by atoms with van der Waals surface area (Å²) in [5, 5.41) is 17.6. The van der Waals surface area contributed by atoms with E-state index in [1.54, 1.807) is 16.8 Å². The Morgan fingerprint density at radius 3 is 2.57 bits per heavy atom. The number of aromatic nitrogens is 3. The molecule has 0 saturated carbocycles. The van der Waals surface area contributed by atoms with E-state index in [9.17, 15) is 9.59 Å². The van der Waals surface area contributed by atoms with Crippen molar-refractivity contribution in [3.63, 3.8) is 0 Å². The number of anilines is 1. The Balaban J connectivity index is 1.50. The molecular formula is C26H23N4O4S+. The van der Waals surface area contributed by atoms with Crippen LogP contribution in [0.1, 0.15) is 22.9 Å². The van der Waals surface area contributed by atoms with Crippen molar-refractivity contribution < 1.29 is 19.3 Å². The monoisotopic (exact) mass is 487 g/mol. The van der Waals surface area contributed by atoms with Crippen LogP contribution in [0.3, 0.4) is 0 Å². The van der Waals surface area contributed by atoms with Gasteiger partial charge in [-0.1, -0.05) is 53.7 Å². The summed E-state index contributed by atoms with van der Waals surface area (Å²) in [4.78, 5) is 27.0. The van der Waals surface area contributed by atoms with E-state index >= 15 is 0 Å². The van der Waals surface area contributed by atoms with Gasteiger partial charge in [-0.05, 0) is 53.6 Å². The quantitative estimate of drug-likeness (QED) is 0.269. The maximum absolute atomic E-state index is 13.3. The molecule has 1 aromatic heterocycles. The number of aliphatic carboxylic acids is 1. The Bertz CT molecular complexity index is 1440. The first-order valence-corrected chi connectivity index (χ1v) is 12.0.